The molecule has 1 aromatic carbocycles. The number of hydrogen-bond donors (Lipinski definition) is 3. The number of carboxylic acids is 1. The number of rotatable bonds is 4. The van der Waals surface area contributed by atoms with Gasteiger partial charge in [0.1, 0.15) is 0 Å². The first kappa shape index (κ1) is 15.2. The molecule has 0 unspecified atom stereocenters. The Labute approximate surface area is 120 Å². The monoisotopic (exact) mass is 298 g/mol. The molecule has 7 heteroatoms. The molecule has 1 aromatic rings. The van der Waals surface area contributed by atoms with E-state index in [1.165, 1.54) is 12.1 Å². The summed E-state index contributed by atoms with van der Waals surface area (Å²) in [7, 11) is 0. The Morgan fingerprint density at radius 1 is 1.24 bits per heavy atom. The highest BCUT2D eigenvalue weighted by Gasteiger charge is 2.41. The van der Waals surface area contributed by atoms with E-state index in [9.17, 15) is 23.5 Å². The van der Waals surface area contributed by atoms with Crippen LogP contribution in [0.1, 0.15) is 25.7 Å². The van der Waals surface area contributed by atoms with Gasteiger partial charge in [-0.1, -0.05) is 18.9 Å². The molecule has 114 valence electrons. The normalized spacial score (nSPS) is 16.5. The van der Waals surface area contributed by atoms with Crippen LogP contribution in [0, 0.1) is 17.0 Å². The molecule has 1 fully saturated rings. The molecule has 0 aliphatic heterocycles. The molecule has 3 N–H and O–H groups in total. The molecule has 21 heavy (non-hydrogen) atoms. The second-order valence-electron chi connectivity index (χ2n) is 5.20. The van der Waals surface area contributed by atoms with Gasteiger partial charge in [-0.15, -0.1) is 0 Å². The van der Waals surface area contributed by atoms with Gasteiger partial charge in [-0.25, -0.2) is 13.6 Å². The molecule has 1 saturated carbocycles. The summed E-state index contributed by atoms with van der Waals surface area (Å²) in [5, 5.41) is 13.9. The number of carboxylic acid groups (broad SMARTS) is 1. The van der Waals surface area contributed by atoms with E-state index in [2.05, 4.69) is 10.6 Å². The van der Waals surface area contributed by atoms with Crippen molar-refractivity contribution < 1.29 is 23.5 Å². The first-order valence-electron chi connectivity index (χ1n) is 6.67. The quantitative estimate of drug-likeness (QED) is 0.799. The lowest BCUT2D eigenvalue weighted by molar-refractivity contribution is -0.148. The number of anilines is 1. The fraction of sp³-hybridized carbons (Fsp3) is 0.429. The standard InChI is InChI=1S/C14H16F2N2O3/c15-9-4-3-5-10(11(9)16)18-13(21)17-8-14(12(19)20)6-1-2-7-14/h3-5H,1-2,6-8H2,(H,19,20)(H2,17,18,21). The summed E-state index contributed by atoms with van der Waals surface area (Å²) in [6.45, 7) is -0.0366. The molecule has 0 spiro atoms. The van der Waals surface area contributed by atoms with E-state index in [0.717, 1.165) is 18.9 Å². The average Bonchev–Trinajstić information content (AvgIpc) is 2.92. The van der Waals surface area contributed by atoms with Crippen LogP contribution in [-0.4, -0.2) is 23.7 Å². The molecule has 1 aliphatic carbocycles. The van der Waals surface area contributed by atoms with Crippen LogP contribution < -0.4 is 10.6 Å². The lowest BCUT2D eigenvalue weighted by Crippen LogP contribution is -2.42. The van der Waals surface area contributed by atoms with E-state index in [0.29, 0.717) is 12.8 Å². The third-order valence-corrected chi connectivity index (χ3v) is 3.80. The molecule has 2 rings (SSSR count). The van der Waals surface area contributed by atoms with Crippen molar-refractivity contribution in [1.29, 1.82) is 0 Å². The van der Waals surface area contributed by atoms with Crippen LogP contribution >= 0.6 is 0 Å². The molecule has 0 aromatic heterocycles. The lowest BCUT2D eigenvalue weighted by Gasteiger charge is -2.24. The number of amides is 2. The number of nitrogens with one attached hydrogen (secondary N) is 2. The number of hydrogen-bond acceptors (Lipinski definition) is 2. The molecule has 0 saturated heterocycles. The number of urea groups is 1. The van der Waals surface area contributed by atoms with Crippen molar-refractivity contribution >= 4 is 17.7 Å². The summed E-state index contributed by atoms with van der Waals surface area (Å²) in [5.74, 6) is -3.16. The maximum Gasteiger partial charge on any atom is 0.319 e. The largest absolute Gasteiger partial charge is 0.481 e. The SMILES string of the molecule is O=C(NCC1(C(=O)O)CCCC1)Nc1cccc(F)c1F. The summed E-state index contributed by atoms with van der Waals surface area (Å²) in [6.07, 6.45) is 2.59. The van der Waals surface area contributed by atoms with Crippen molar-refractivity contribution in [2.45, 2.75) is 25.7 Å². The van der Waals surface area contributed by atoms with E-state index in [4.69, 9.17) is 0 Å². The Bertz CT molecular complexity index is 557. The van der Waals surface area contributed by atoms with Gasteiger partial charge in [0.2, 0.25) is 0 Å². The molecule has 2 amide bonds. The summed E-state index contributed by atoms with van der Waals surface area (Å²) >= 11 is 0. The average molecular weight is 298 g/mol. The van der Waals surface area contributed by atoms with Crippen LogP contribution in [0.5, 0.6) is 0 Å². The highest BCUT2D eigenvalue weighted by Crippen LogP contribution is 2.37. The minimum absolute atomic E-state index is 0.0366. The van der Waals surface area contributed by atoms with E-state index in [-0.39, 0.29) is 12.2 Å². The van der Waals surface area contributed by atoms with Crippen molar-refractivity contribution in [2.24, 2.45) is 5.41 Å². The van der Waals surface area contributed by atoms with Crippen LogP contribution in [0.3, 0.4) is 0 Å². The fourth-order valence-electron chi connectivity index (χ4n) is 2.53. The van der Waals surface area contributed by atoms with Crippen LogP contribution in [0.2, 0.25) is 0 Å². The summed E-state index contributed by atoms with van der Waals surface area (Å²) in [4.78, 5) is 23.0. The van der Waals surface area contributed by atoms with Crippen LogP contribution in [-0.2, 0) is 4.79 Å². The summed E-state index contributed by atoms with van der Waals surface area (Å²) in [6, 6.07) is 2.67. The van der Waals surface area contributed by atoms with Gasteiger partial charge >= 0.3 is 12.0 Å². The van der Waals surface area contributed by atoms with Crippen molar-refractivity contribution in [3.05, 3.63) is 29.8 Å². The van der Waals surface area contributed by atoms with Gasteiger partial charge in [0, 0.05) is 6.54 Å². The number of aliphatic carboxylic acids is 1. The third-order valence-electron chi connectivity index (χ3n) is 3.80. The molecular formula is C14H16F2N2O3. The molecular weight excluding hydrogens is 282 g/mol. The predicted octanol–water partition coefficient (Wildman–Crippen LogP) is 2.73. The highest BCUT2D eigenvalue weighted by molar-refractivity contribution is 5.89. The van der Waals surface area contributed by atoms with E-state index in [1.807, 2.05) is 0 Å². The number of carbonyl (C=O) groups is 2. The molecule has 5 nitrogen and oxygen atoms in total. The predicted molar refractivity (Wildman–Crippen MR) is 71.9 cm³/mol. The first-order chi connectivity index (χ1) is 9.94. The topological polar surface area (TPSA) is 78.4 Å². The fourth-order valence-corrected chi connectivity index (χ4v) is 2.53. The highest BCUT2D eigenvalue weighted by atomic mass is 19.2. The Balaban J connectivity index is 1.96. The van der Waals surface area contributed by atoms with Crippen LogP contribution in [0.25, 0.3) is 0 Å². The van der Waals surface area contributed by atoms with Gasteiger partial charge in [0.05, 0.1) is 11.1 Å². The van der Waals surface area contributed by atoms with Crippen molar-refractivity contribution in [1.82, 2.24) is 5.32 Å². The zero-order valence-corrected chi connectivity index (χ0v) is 11.3. The maximum atomic E-state index is 13.4. The van der Waals surface area contributed by atoms with Crippen LogP contribution in [0.15, 0.2) is 18.2 Å². The molecule has 0 heterocycles. The van der Waals surface area contributed by atoms with Gasteiger partial charge in [-0.05, 0) is 25.0 Å². The third kappa shape index (κ3) is 3.29. The number of carbonyl (C=O) groups excluding carboxylic acids is 1. The van der Waals surface area contributed by atoms with E-state index >= 15 is 0 Å². The molecule has 0 bridgehead atoms. The summed E-state index contributed by atoms with van der Waals surface area (Å²) in [5.41, 5.74) is -1.25. The lowest BCUT2D eigenvalue weighted by atomic mass is 9.86. The Kier molecular flexibility index (Phi) is 4.40. The minimum Gasteiger partial charge on any atom is -0.481 e. The van der Waals surface area contributed by atoms with E-state index < -0.39 is 29.0 Å². The number of halogens is 2. The van der Waals surface area contributed by atoms with Gasteiger partial charge < -0.3 is 15.7 Å². The summed E-state index contributed by atoms with van der Waals surface area (Å²) < 4.78 is 26.4. The molecule has 0 atom stereocenters. The second-order valence-corrected chi connectivity index (χ2v) is 5.20. The molecule has 0 radical (unpaired) electrons. The van der Waals surface area contributed by atoms with E-state index in [1.54, 1.807) is 0 Å². The minimum atomic E-state index is -1.15. The number of benzene rings is 1. The van der Waals surface area contributed by atoms with Gasteiger partial charge in [-0.3, -0.25) is 4.79 Å². The molecule has 1 aliphatic rings. The van der Waals surface area contributed by atoms with Gasteiger partial charge in [0.15, 0.2) is 11.6 Å². The zero-order chi connectivity index (χ0) is 15.5. The van der Waals surface area contributed by atoms with Crippen molar-refractivity contribution in [3.63, 3.8) is 0 Å². The second kappa shape index (κ2) is 6.07. The smallest absolute Gasteiger partial charge is 0.319 e. The van der Waals surface area contributed by atoms with Gasteiger partial charge in [-0.2, -0.15) is 0 Å². The van der Waals surface area contributed by atoms with Crippen molar-refractivity contribution in [2.75, 3.05) is 11.9 Å². The first-order valence-corrected chi connectivity index (χ1v) is 6.67. The zero-order valence-electron chi connectivity index (χ0n) is 11.3. The van der Waals surface area contributed by atoms with Crippen molar-refractivity contribution in [3.8, 4) is 0 Å². The Morgan fingerprint density at radius 3 is 2.52 bits per heavy atom. The van der Waals surface area contributed by atoms with Crippen LogP contribution in [0.4, 0.5) is 19.3 Å². The Hall–Kier alpha value is -2.18. The maximum absolute atomic E-state index is 13.4. The Morgan fingerprint density at radius 2 is 1.90 bits per heavy atom. The van der Waals surface area contributed by atoms with Gasteiger partial charge in [0.25, 0.3) is 0 Å².